The predicted molar refractivity (Wildman–Crippen MR) is 154 cm³/mol. The number of carbonyl (C=O) groups is 3. The molecule has 2 aliphatic carbocycles. The number of esters is 2. The van der Waals surface area contributed by atoms with Gasteiger partial charge in [-0.05, 0) is 36.3 Å². The molecule has 0 unspecified atom stereocenters. The Balaban J connectivity index is 1.62. The Morgan fingerprint density at radius 3 is 2.48 bits per heavy atom. The molecule has 2 aromatic rings. The third-order valence-corrected chi connectivity index (χ3v) is 8.75. The zero-order valence-corrected chi connectivity index (χ0v) is 24.9. The highest BCUT2D eigenvalue weighted by Crippen LogP contribution is 2.63. The van der Waals surface area contributed by atoms with Crippen molar-refractivity contribution in [2.45, 2.75) is 44.0 Å². The summed E-state index contributed by atoms with van der Waals surface area (Å²) in [7, 11) is 2.73. The molecule has 11 nitrogen and oxygen atoms in total. The number of carbonyl (C=O) groups excluding carboxylic acids is 3. The number of methoxy groups -OCH3 is 2. The molecule has 0 amide bonds. The van der Waals surface area contributed by atoms with Gasteiger partial charge in [0.15, 0.2) is 23.4 Å². The molecule has 0 radical (unpaired) electrons. The number of fused-ring (bicyclic) bond motifs is 2. The third kappa shape index (κ3) is 4.33. The van der Waals surface area contributed by atoms with E-state index in [0.717, 1.165) is 5.56 Å². The van der Waals surface area contributed by atoms with Crippen LogP contribution in [0, 0.1) is 5.92 Å². The largest absolute Gasteiger partial charge is 0.496 e. The molecule has 230 valence electrons. The van der Waals surface area contributed by atoms with Crippen LogP contribution in [-0.4, -0.2) is 62.2 Å². The Bertz CT molecular complexity index is 1630. The smallest absolute Gasteiger partial charge is 0.331 e. The molecule has 1 N–H and O–H groups in total. The predicted octanol–water partition coefficient (Wildman–Crippen LogP) is 3.69. The normalized spacial score (nSPS) is 28.3. The summed E-state index contributed by atoms with van der Waals surface area (Å²) in [5.74, 6) is -1.87. The lowest BCUT2D eigenvalue weighted by molar-refractivity contribution is -0.177. The lowest BCUT2D eigenvalue weighted by atomic mass is 9.60. The van der Waals surface area contributed by atoms with Gasteiger partial charge in [0.05, 0.1) is 14.2 Å². The number of hydrogen-bond donors (Lipinski definition) is 1. The molecular formula is C33H32O11. The summed E-state index contributed by atoms with van der Waals surface area (Å²) in [5.41, 5.74) is -1.44. The van der Waals surface area contributed by atoms with Gasteiger partial charge in [0.25, 0.3) is 0 Å². The van der Waals surface area contributed by atoms with Crippen LogP contribution in [0.1, 0.15) is 43.6 Å². The first-order chi connectivity index (χ1) is 21.0. The van der Waals surface area contributed by atoms with Crippen LogP contribution in [-0.2, 0) is 38.7 Å². The van der Waals surface area contributed by atoms with Crippen LogP contribution in [0.3, 0.4) is 0 Å². The number of rotatable bonds is 6. The quantitative estimate of drug-likeness (QED) is 0.382. The standard InChI is InChI=1S/C33H32O11/c1-17-26(44-24(36)12-11-19-9-7-6-8-10-19)20-13-23-28(42-16-41-23)29-25(20)33(15-40-29)21(30(32(17,3)37)43-18(2)34)14-22(35)27(38-4)31(33)39-5/h6-14,17,26,30,37H,15-16H2,1-5H3/t17-,26+,30-,32-,33-/m1/s1. The number of ether oxygens (including phenoxy) is 7. The van der Waals surface area contributed by atoms with Gasteiger partial charge in [-0.3, -0.25) is 9.59 Å². The Hall–Kier alpha value is -4.77. The lowest BCUT2D eigenvalue weighted by Crippen LogP contribution is -2.57. The summed E-state index contributed by atoms with van der Waals surface area (Å²) in [6, 6.07) is 10.9. The van der Waals surface area contributed by atoms with Crippen molar-refractivity contribution in [1.29, 1.82) is 0 Å². The Labute approximate surface area is 253 Å². The zero-order valence-electron chi connectivity index (χ0n) is 24.9. The van der Waals surface area contributed by atoms with Gasteiger partial charge < -0.3 is 38.3 Å². The van der Waals surface area contributed by atoms with Crippen LogP contribution >= 0.6 is 0 Å². The fourth-order valence-corrected chi connectivity index (χ4v) is 6.56. The van der Waals surface area contributed by atoms with Gasteiger partial charge >= 0.3 is 11.9 Å². The van der Waals surface area contributed by atoms with Crippen LogP contribution in [0.2, 0.25) is 0 Å². The van der Waals surface area contributed by atoms with Crippen molar-refractivity contribution >= 4 is 23.8 Å². The third-order valence-electron chi connectivity index (χ3n) is 8.75. The molecule has 6 rings (SSSR count). The van der Waals surface area contributed by atoms with E-state index >= 15 is 0 Å². The van der Waals surface area contributed by atoms with Crippen molar-refractivity contribution in [3.8, 4) is 17.2 Å². The summed E-state index contributed by atoms with van der Waals surface area (Å²) in [6.45, 7) is 4.14. The van der Waals surface area contributed by atoms with Crippen LogP contribution < -0.4 is 14.2 Å². The van der Waals surface area contributed by atoms with E-state index in [4.69, 9.17) is 33.2 Å². The summed E-state index contributed by atoms with van der Waals surface area (Å²) in [6.07, 6.45) is 1.69. The fraction of sp³-hybridized carbons (Fsp3) is 0.364. The maximum Gasteiger partial charge on any atom is 0.331 e. The summed E-state index contributed by atoms with van der Waals surface area (Å²) >= 11 is 0. The first-order valence-electron chi connectivity index (χ1n) is 14.1. The second-order valence-electron chi connectivity index (χ2n) is 11.2. The lowest BCUT2D eigenvalue weighted by Gasteiger charge is -2.49. The van der Waals surface area contributed by atoms with Gasteiger partial charge in [0.2, 0.25) is 24.1 Å². The number of benzene rings is 2. The minimum absolute atomic E-state index is 0.0767. The number of allylic oxidation sites excluding steroid dienone is 1. The summed E-state index contributed by atoms with van der Waals surface area (Å²) < 4.78 is 41.2. The van der Waals surface area contributed by atoms with E-state index in [-0.39, 0.29) is 36.2 Å². The minimum Gasteiger partial charge on any atom is -0.496 e. The van der Waals surface area contributed by atoms with Crippen molar-refractivity contribution in [3.05, 3.63) is 82.3 Å². The topological polar surface area (TPSA) is 136 Å². The number of aliphatic hydroxyl groups is 1. The molecule has 2 heterocycles. The fourth-order valence-electron chi connectivity index (χ4n) is 6.56. The summed E-state index contributed by atoms with van der Waals surface area (Å²) in [4.78, 5) is 39.4. The van der Waals surface area contributed by atoms with Crippen molar-refractivity contribution in [2.24, 2.45) is 5.92 Å². The Morgan fingerprint density at radius 1 is 1.05 bits per heavy atom. The van der Waals surface area contributed by atoms with Crippen LogP contribution in [0.25, 0.3) is 6.08 Å². The molecule has 4 aliphatic rings. The van der Waals surface area contributed by atoms with Crippen molar-refractivity contribution in [2.75, 3.05) is 27.6 Å². The molecule has 0 saturated carbocycles. The molecule has 11 heteroatoms. The number of ketones is 1. The Kier molecular flexibility index (Phi) is 7.16. The zero-order chi connectivity index (χ0) is 31.4. The van der Waals surface area contributed by atoms with Gasteiger partial charge in [-0.2, -0.15) is 0 Å². The van der Waals surface area contributed by atoms with E-state index in [1.165, 1.54) is 40.2 Å². The maximum atomic E-state index is 13.4. The molecule has 0 aromatic heterocycles. The average molecular weight is 605 g/mol. The molecule has 0 fully saturated rings. The molecule has 1 spiro atoms. The highest BCUT2D eigenvalue weighted by atomic mass is 16.7. The second kappa shape index (κ2) is 10.7. The molecule has 0 bridgehead atoms. The van der Waals surface area contributed by atoms with Crippen molar-refractivity contribution in [3.63, 3.8) is 0 Å². The first-order valence-corrected chi connectivity index (χ1v) is 14.1. The molecule has 5 atom stereocenters. The summed E-state index contributed by atoms with van der Waals surface area (Å²) in [5, 5.41) is 12.3. The monoisotopic (exact) mass is 604 g/mol. The van der Waals surface area contributed by atoms with E-state index in [2.05, 4.69) is 0 Å². The van der Waals surface area contributed by atoms with Gasteiger partial charge in [-0.25, -0.2) is 4.79 Å². The van der Waals surface area contributed by atoms with E-state index in [1.807, 2.05) is 30.3 Å². The maximum absolute atomic E-state index is 13.4. The Morgan fingerprint density at radius 2 is 1.80 bits per heavy atom. The molecule has 44 heavy (non-hydrogen) atoms. The van der Waals surface area contributed by atoms with Crippen molar-refractivity contribution in [1.82, 2.24) is 0 Å². The molecule has 2 aliphatic heterocycles. The highest BCUT2D eigenvalue weighted by Gasteiger charge is 2.64. The molecule has 0 saturated heterocycles. The molecule has 2 aromatic carbocycles. The van der Waals surface area contributed by atoms with Crippen LogP contribution in [0.15, 0.2) is 65.6 Å². The van der Waals surface area contributed by atoms with Gasteiger partial charge in [-0.1, -0.05) is 37.3 Å². The molecular weight excluding hydrogens is 572 g/mol. The van der Waals surface area contributed by atoms with E-state index in [9.17, 15) is 19.5 Å². The number of hydrogen-bond acceptors (Lipinski definition) is 11. The van der Waals surface area contributed by atoms with Gasteiger partial charge in [-0.15, -0.1) is 0 Å². The minimum atomic E-state index is -1.89. The second-order valence-corrected chi connectivity index (χ2v) is 11.2. The highest BCUT2D eigenvalue weighted by molar-refractivity contribution is 6.06. The van der Waals surface area contributed by atoms with Crippen molar-refractivity contribution < 1.29 is 52.6 Å². The van der Waals surface area contributed by atoms with E-state index in [1.54, 1.807) is 19.1 Å². The average Bonchev–Trinajstić information content (AvgIpc) is 3.63. The van der Waals surface area contributed by atoms with Crippen LogP contribution in [0.4, 0.5) is 0 Å². The first kappa shape index (κ1) is 29.3. The van der Waals surface area contributed by atoms with Crippen LogP contribution in [0.5, 0.6) is 17.2 Å². The van der Waals surface area contributed by atoms with E-state index < -0.39 is 46.9 Å². The van der Waals surface area contributed by atoms with E-state index in [0.29, 0.717) is 22.6 Å². The SMILES string of the molecule is COC1=C(OC)[C@@]23COc4c5c(cc(c42)[C@@H](OC(=O)C=Cc2ccccc2)[C@@H](C)[C@@](C)(O)[C@H](OC(C)=O)C3=CC1=O)OCO5. The van der Waals surface area contributed by atoms with Gasteiger partial charge in [0, 0.05) is 30.0 Å². The van der Waals surface area contributed by atoms with Gasteiger partial charge in [0.1, 0.15) is 23.7 Å².